The van der Waals surface area contributed by atoms with E-state index in [0.29, 0.717) is 12.2 Å². The Kier molecular flexibility index (Phi) is 7.95. The molecule has 2 heterocycles. The number of nitrogens with zero attached hydrogens (tertiary/aromatic N) is 4. The number of halogens is 1. The van der Waals surface area contributed by atoms with Crippen molar-refractivity contribution in [2.75, 3.05) is 24.4 Å². The molecule has 182 valence electrons. The maximum atomic E-state index is 13.9. The number of carbonyl (C=O) groups excluding carboxylic acids is 1. The lowest BCUT2D eigenvalue weighted by molar-refractivity contribution is 0.0984. The first kappa shape index (κ1) is 25.3. The summed E-state index contributed by atoms with van der Waals surface area (Å²) in [5.41, 5.74) is 6.04. The molecule has 0 radical (unpaired) electrons. The monoisotopic (exact) mass is 488 g/mol. The summed E-state index contributed by atoms with van der Waals surface area (Å²) in [6.45, 7) is 6.56. The minimum absolute atomic E-state index is 0.0283. The van der Waals surface area contributed by atoms with Crippen LogP contribution in [-0.4, -0.2) is 39.0 Å². The molecule has 3 aromatic rings. The van der Waals surface area contributed by atoms with Crippen molar-refractivity contribution < 1.29 is 9.53 Å². The third-order valence-electron chi connectivity index (χ3n) is 5.25. The van der Waals surface area contributed by atoms with Crippen LogP contribution in [0.5, 0.6) is 0 Å². The Morgan fingerprint density at radius 2 is 1.94 bits per heavy atom. The molecule has 0 saturated heterocycles. The van der Waals surface area contributed by atoms with E-state index < -0.39 is 17.2 Å². The smallest absolute Gasteiger partial charge is 0.330 e. The van der Waals surface area contributed by atoms with E-state index in [9.17, 15) is 14.4 Å². The van der Waals surface area contributed by atoms with Gasteiger partial charge in [0.15, 0.2) is 5.69 Å². The van der Waals surface area contributed by atoms with Gasteiger partial charge in [-0.15, -0.1) is 0 Å². The van der Waals surface area contributed by atoms with E-state index in [1.807, 2.05) is 44.2 Å². The molecule has 0 bridgehead atoms. The van der Waals surface area contributed by atoms with Gasteiger partial charge in [0.2, 0.25) is 0 Å². The average Bonchev–Trinajstić information content (AvgIpc) is 3.05. The molecule has 3 rings (SSSR count). The van der Waals surface area contributed by atoms with Crippen LogP contribution >= 0.6 is 11.6 Å². The molecule has 0 fully saturated rings. The minimum Gasteiger partial charge on any atom is -0.383 e. The topological polar surface area (TPSA) is 128 Å². The molecule has 34 heavy (non-hydrogen) atoms. The van der Waals surface area contributed by atoms with Crippen LogP contribution in [0, 0.1) is 12.8 Å². The van der Waals surface area contributed by atoms with Crippen LogP contribution in [0.4, 0.5) is 11.5 Å². The van der Waals surface area contributed by atoms with E-state index in [1.165, 1.54) is 16.6 Å². The van der Waals surface area contributed by atoms with Crippen LogP contribution in [0.15, 0.2) is 39.9 Å². The van der Waals surface area contributed by atoms with Crippen LogP contribution in [0.1, 0.15) is 35.5 Å². The third kappa shape index (κ3) is 5.23. The van der Waals surface area contributed by atoms with Gasteiger partial charge in [0.25, 0.3) is 11.5 Å². The number of aryl methyl sites for hydroxylation is 1. The van der Waals surface area contributed by atoms with Crippen molar-refractivity contribution in [3.05, 3.63) is 73.1 Å². The number of carbonyl (C=O) groups is 1. The highest BCUT2D eigenvalue weighted by atomic mass is 35.5. The second-order valence-corrected chi connectivity index (χ2v) is 8.70. The lowest BCUT2D eigenvalue weighted by Crippen LogP contribution is -2.41. The SMILES string of the molecule is COCCn1c(N)c(N(Cc2ccccc2)C(=O)c2c(C)nn(CC(C)C)c2Cl)c(=O)[nH]c1=O. The Bertz CT molecular complexity index is 1280. The largest absolute Gasteiger partial charge is 0.383 e. The lowest BCUT2D eigenvalue weighted by atomic mass is 10.1. The summed E-state index contributed by atoms with van der Waals surface area (Å²) < 4.78 is 7.79. The highest BCUT2D eigenvalue weighted by molar-refractivity contribution is 6.33. The fourth-order valence-electron chi connectivity index (χ4n) is 3.66. The number of ether oxygens (including phenoxy) is 1. The number of benzene rings is 1. The van der Waals surface area contributed by atoms with Crippen LogP contribution in [-0.2, 0) is 24.4 Å². The fourth-order valence-corrected chi connectivity index (χ4v) is 3.98. The van der Waals surface area contributed by atoms with Gasteiger partial charge in [0.05, 0.1) is 31.0 Å². The van der Waals surface area contributed by atoms with Crippen molar-refractivity contribution in [1.82, 2.24) is 19.3 Å². The van der Waals surface area contributed by atoms with Gasteiger partial charge >= 0.3 is 5.69 Å². The molecule has 1 aromatic carbocycles. The molecule has 3 N–H and O–H groups in total. The number of amides is 1. The summed E-state index contributed by atoms with van der Waals surface area (Å²) in [5.74, 6) is -0.433. The van der Waals surface area contributed by atoms with Gasteiger partial charge in [-0.2, -0.15) is 5.10 Å². The van der Waals surface area contributed by atoms with Crippen molar-refractivity contribution in [2.45, 2.75) is 40.4 Å². The maximum Gasteiger partial charge on any atom is 0.330 e. The number of hydrogen-bond donors (Lipinski definition) is 2. The Balaban J connectivity index is 2.19. The minimum atomic E-state index is -0.774. The summed E-state index contributed by atoms with van der Waals surface area (Å²) in [5, 5.41) is 4.60. The molecular formula is C23H29ClN6O4. The van der Waals surface area contributed by atoms with E-state index in [0.717, 1.165) is 5.56 Å². The fraction of sp³-hybridized carbons (Fsp3) is 0.391. The number of rotatable bonds is 9. The molecule has 2 aromatic heterocycles. The van der Waals surface area contributed by atoms with Crippen LogP contribution in [0.25, 0.3) is 0 Å². The molecule has 1 amide bonds. The van der Waals surface area contributed by atoms with Crippen LogP contribution in [0.2, 0.25) is 5.15 Å². The number of nitrogen functional groups attached to an aromatic ring is 1. The molecule has 0 spiro atoms. The molecule has 0 atom stereocenters. The molecular weight excluding hydrogens is 460 g/mol. The van der Waals surface area contributed by atoms with Gasteiger partial charge in [-0.1, -0.05) is 55.8 Å². The molecule has 11 heteroatoms. The zero-order chi connectivity index (χ0) is 25.0. The third-order valence-corrected chi connectivity index (χ3v) is 5.63. The predicted molar refractivity (Wildman–Crippen MR) is 131 cm³/mol. The Morgan fingerprint density at radius 1 is 1.26 bits per heavy atom. The van der Waals surface area contributed by atoms with Crippen molar-refractivity contribution in [1.29, 1.82) is 0 Å². The van der Waals surface area contributed by atoms with Gasteiger partial charge in [-0.05, 0) is 18.4 Å². The summed E-state index contributed by atoms with van der Waals surface area (Å²) >= 11 is 6.57. The van der Waals surface area contributed by atoms with Crippen molar-refractivity contribution >= 4 is 29.0 Å². The van der Waals surface area contributed by atoms with Gasteiger partial charge < -0.3 is 10.5 Å². The number of H-pyrrole nitrogens is 1. The molecule has 0 saturated carbocycles. The Hall–Kier alpha value is -3.37. The Labute approximate surface area is 201 Å². The number of nitrogens with two attached hydrogens (primary N) is 1. The molecule has 0 unspecified atom stereocenters. The van der Waals surface area contributed by atoms with Crippen molar-refractivity contribution in [2.24, 2.45) is 5.92 Å². The van der Waals surface area contributed by atoms with Crippen molar-refractivity contribution in [3.63, 3.8) is 0 Å². The van der Waals surface area contributed by atoms with Gasteiger partial charge in [-0.25, -0.2) is 4.79 Å². The quantitative estimate of drug-likeness (QED) is 0.476. The summed E-state index contributed by atoms with van der Waals surface area (Å²) in [7, 11) is 1.48. The van der Waals surface area contributed by atoms with Crippen LogP contribution in [0.3, 0.4) is 0 Å². The second-order valence-electron chi connectivity index (χ2n) is 8.34. The van der Waals surface area contributed by atoms with E-state index in [1.54, 1.807) is 11.6 Å². The molecule has 10 nitrogen and oxygen atoms in total. The average molecular weight is 489 g/mol. The number of hydrogen-bond acceptors (Lipinski definition) is 6. The lowest BCUT2D eigenvalue weighted by Gasteiger charge is -2.25. The molecule has 0 aliphatic rings. The highest BCUT2D eigenvalue weighted by Gasteiger charge is 2.30. The molecule has 0 aliphatic carbocycles. The van der Waals surface area contributed by atoms with E-state index in [2.05, 4.69) is 10.1 Å². The Morgan fingerprint density at radius 3 is 2.56 bits per heavy atom. The highest BCUT2D eigenvalue weighted by Crippen LogP contribution is 2.27. The zero-order valence-electron chi connectivity index (χ0n) is 19.7. The number of aromatic amines is 1. The molecule has 0 aliphatic heterocycles. The van der Waals surface area contributed by atoms with Gasteiger partial charge in [-0.3, -0.25) is 28.7 Å². The predicted octanol–water partition coefficient (Wildman–Crippen LogP) is 2.43. The standard InChI is InChI=1S/C23H29ClN6O4/c1-14(2)12-30-19(24)17(15(3)27-30)22(32)29(13-16-8-6-5-7-9-16)18-20(25)28(10-11-34-4)23(33)26-21(18)31/h5-9,14H,10-13,25H2,1-4H3,(H,26,31,33). The van der Waals surface area contributed by atoms with E-state index >= 15 is 0 Å². The first-order valence-electron chi connectivity index (χ1n) is 10.9. The van der Waals surface area contributed by atoms with Gasteiger partial charge in [0, 0.05) is 13.7 Å². The van der Waals surface area contributed by atoms with Crippen molar-refractivity contribution in [3.8, 4) is 0 Å². The number of anilines is 2. The van der Waals surface area contributed by atoms with E-state index in [-0.39, 0.29) is 47.8 Å². The zero-order valence-corrected chi connectivity index (χ0v) is 20.4. The van der Waals surface area contributed by atoms with E-state index in [4.69, 9.17) is 22.1 Å². The number of aromatic nitrogens is 4. The summed E-state index contributed by atoms with van der Waals surface area (Å²) in [6, 6.07) is 9.14. The summed E-state index contributed by atoms with van der Waals surface area (Å²) in [4.78, 5) is 42.7. The number of nitrogens with one attached hydrogen (secondary N) is 1. The van der Waals surface area contributed by atoms with Crippen LogP contribution < -0.4 is 21.9 Å². The number of methoxy groups -OCH3 is 1. The van der Waals surface area contributed by atoms with Gasteiger partial charge in [0.1, 0.15) is 11.0 Å². The first-order valence-corrected chi connectivity index (χ1v) is 11.2. The maximum absolute atomic E-state index is 13.9. The summed E-state index contributed by atoms with van der Waals surface area (Å²) in [6.07, 6.45) is 0. The normalized spacial score (nSPS) is 11.2. The first-order chi connectivity index (χ1) is 16.1. The second kappa shape index (κ2) is 10.7.